The van der Waals surface area contributed by atoms with Crippen molar-refractivity contribution >= 4 is 0 Å². The lowest BCUT2D eigenvalue weighted by Crippen LogP contribution is -2.25. The van der Waals surface area contributed by atoms with Crippen LogP contribution in [0.4, 0.5) is 0 Å². The summed E-state index contributed by atoms with van der Waals surface area (Å²) in [5.41, 5.74) is 0.827. The maximum atomic E-state index is 10.1. The summed E-state index contributed by atoms with van der Waals surface area (Å²) in [7, 11) is 0. The Morgan fingerprint density at radius 2 is 2.11 bits per heavy atom. The van der Waals surface area contributed by atoms with Crippen molar-refractivity contribution in [1.82, 2.24) is 5.32 Å². The molecule has 5 heteroatoms. The fourth-order valence-electron chi connectivity index (χ4n) is 1.91. The van der Waals surface area contributed by atoms with Crippen molar-refractivity contribution in [3.8, 4) is 11.5 Å². The first-order chi connectivity index (χ1) is 9.31. The third kappa shape index (κ3) is 4.09. The summed E-state index contributed by atoms with van der Waals surface area (Å²) in [4.78, 5) is 0. The molecule has 5 nitrogen and oxygen atoms in total. The van der Waals surface area contributed by atoms with Crippen LogP contribution in [0.1, 0.15) is 18.6 Å². The fourth-order valence-corrected chi connectivity index (χ4v) is 1.91. The molecule has 0 fully saturated rings. The summed E-state index contributed by atoms with van der Waals surface area (Å²) in [5.74, 6) is 1.45. The number of hydrogen-bond donors (Lipinski definition) is 2. The number of aliphatic hydroxyl groups is 1. The van der Waals surface area contributed by atoms with E-state index in [-0.39, 0.29) is 0 Å². The lowest BCUT2D eigenvalue weighted by molar-refractivity contribution is 0.137. The third-order valence-corrected chi connectivity index (χ3v) is 2.92. The van der Waals surface area contributed by atoms with E-state index in [0.29, 0.717) is 38.7 Å². The maximum Gasteiger partial charge on any atom is 0.161 e. The number of nitrogens with one attached hydrogen (secondary N) is 1. The lowest BCUT2D eigenvalue weighted by atomic mass is 10.1. The van der Waals surface area contributed by atoms with Crippen LogP contribution in [0.25, 0.3) is 0 Å². The van der Waals surface area contributed by atoms with Crippen molar-refractivity contribution in [2.24, 2.45) is 0 Å². The Hall–Kier alpha value is -1.30. The standard InChI is InChI=1S/C14H21NO4/c1-2-17-6-5-15-10-12(16)11-3-4-13-14(9-11)19-8-7-18-13/h3-4,9,12,15-16H,2,5-8,10H2,1H3. The van der Waals surface area contributed by atoms with Crippen LogP contribution in [-0.2, 0) is 4.74 Å². The van der Waals surface area contributed by atoms with Gasteiger partial charge in [-0.3, -0.25) is 0 Å². The molecular weight excluding hydrogens is 246 g/mol. The molecule has 1 aromatic rings. The monoisotopic (exact) mass is 267 g/mol. The Labute approximate surface area is 113 Å². The highest BCUT2D eigenvalue weighted by molar-refractivity contribution is 5.44. The molecule has 0 aromatic heterocycles. The molecular formula is C14H21NO4. The van der Waals surface area contributed by atoms with Crippen LogP contribution in [0, 0.1) is 0 Å². The Morgan fingerprint density at radius 3 is 2.89 bits per heavy atom. The van der Waals surface area contributed by atoms with Gasteiger partial charge in [0.1, 0.15) is 13.2 Å². The second-order valence-electron chi connectivity index (χ2n) is 4.32. The predicted molar refractivity (Wildman–Crippen MR) is 71.8 cm³/mol. The van der Waals surface area contributed by atoms with Crippen LogP contribution in [0.15, 0.2) is 18.2 Å². The lowest BCUT2D eigenvalue weighted by Gasteiger charge is -2.20. The van der Waals surface area contributed by atoms with Crippen LogP contribution < -0.4 is 14.8 Å². The molecule has 1 unspecified atom stereocenters. The molecule has 0 saturated heterocycles. The minimum atomic E-state index is -0.558. The van der Waals surface area contributed by atoms with Gasteiger partial charge in [-0.05, 0) is 24.6 Å². The third-order valence-electron chi connectivity index (χ3n) is 2.92. The first-order valence-electron chi connectivity index (χ1n) is 6.67. The van der Waals surface area contributed by atoms with E-state index < -0.39 is 6.10 Å². The summed E-state index contributed by atoms with van der Waals surface area (Å²) in [6.07, 6.45) is -0.558. The normalized spacial score (nSPS) is 15.3. The number of ether oxygens (including phenoxy) is 3. The average Bonchev–Trinajstić information content (AvgIpc) is 2.46. The van der Waals surface area contributed by atoms with Crippen molar-refractivity contribution in [3.05, 3.63) is 23.8 Å². The quantitative estimate of drug-likeness (QED) is 0.725. The zero-order valence-corrected chi connectivity index (χ0v) is 11.2. The van der Waals surface area contributed by atoms with E-state index >= 15 is 0 Å². The predicted octanol–water partition coefficient (Wildman–Crippen LogP) is 1.12. The molecule has 2 N–H and O–H groups in total. The van der Waals surface area contributed by atoms with Crippen LogP contribution >= 0.6 is 0 Å². The van der Waals surface area contributed by atoms with E-state index in [4.69, 9.17) is 14.2 Å². The van der Waals surface area contributed by atoms with Gasteiger partial charge in [-0.25, -0.2) is 0 Å². The molecule has 1 atom stereocenters. The summed E-state index contributed by atoms with van der Waals surface area (Å²) < 4.78 is 16.2. The fraction of sp³-hybridized carbons (Fsp3) is 0.571. The highest BCUT2D eigenvalue weighted by atomic mass is 16.6. The molecule has 0 aliphatic carbocycles. The van der Waals surface area contributed by atoms with E-state index in [0.717, 1.165) is 17.9 Å². The Kier molecular flexibility index (Phi) is 5.44. The Bertz CT molecular complexity index is 397. The van der Waals surface area contributed by atoms with E-state index in [2.05, 4.69) is 5.32 Å². The van der Waals surface area contributed by atoms with Crippen molar-refractivity contribution < 1.29 is 19.3 Å². The first-order valence-corrected chi connectivity index (χ1v) is 6.67. The molecule has 1 aliphatic rings. The van der Waals surface area contributed by atoms with E-state index in [1.165, 1.54) is 0 Å². The van der Waals surface area contributed by atoms with Gasteiger partial charge in [0.25, 0.3) is 0 Å². The van der Waals surface area contributed by atoms with Gasteiger partial charge in [-0.2, -0.15) is 0 Å². The molecule has 1 heterocycles. The minimum Gasteiger partial charge on any atom is -0.486 e. The summed E-state index contributed by atoms with van der Waals surface area (Å²) in [6, 6.07) is 5.54. The van der Waals surface area contributed by atoms with Gasteiger partial charge < -0.3 is 24.6 Å². The molecule has 0 bridgehead atoms. The molecule has 0 saturated carbocycles. The maximum absolute atomic E-state index is 10.1. The molecule has 19 heavy (non-hydrogen) atoms. The highest BCUT2D eigenvalue weighted by Gasteiger charge is 2.15. The van der Waals surface area contributed by atoms with Crippen molar-refractivity contribution in [2.75, 3.05) is 39.5 Å². The molecule has 1 aromatic carbocycles. The van der Waals surface area contributed by atoms with Gasteiger partial charge >= 0.3 is 0 Å². The molecule has 2 rings (SSSR count). The van der Waals surface area contributed by atoms with Gasteiger partial charge in [-0.15, -0.1) is 0 Å². The van der Waals surface area contributed by atoms with Gasteiger partial charge in [0, 0.05) is 19.7 Å². The van der Waals surface area contributed by atoms with E-state index in [1.54, 1.807) is 0 Å². The van der Waals surface area contributed by atoms with Gasteiger partial charge in [0.05, 0.1) is 12.7 Å². The second kappa shape index (κ2) is 7.33. The van der Waals surface area contributed by atoms with Gasteiger partial charge in [0.15, 0.2) is 11.5 Å². The van der Waals surface area contributed by atoms with Gasteiger partial charge in [0.2, 0.25) is 0 Å². The Morgan fingerprint density at radius 1 is 1.32 bits per heavy atom. The number of fused-ring (bicyclic) bond motifs is 1. The number of rotatable bonds is 7. The van der Waals surface area contributed by atoms with Crippen molar-refractivity contribution in [3.63, 3.8) is 0 Å². The van der Waals surface area contributed by atoms with Gasteiger partial charge in [-0.1, -0.05) is 6.07 Å². The van der Waals surface area contributed by atoms with Crippen molar-refractivity contribution in [2.45, 2.75) is 13.0 Å². The molecule has 1 aliphatic heterocycles. The number of benzene rings is 1. The summed E-state index contributed by atoms with van der Waals surface area (Å²) >= 11 is 0. The van der Waals surface area contributed by atoms with Crippen LogP contribution in [0.5, 0.6) is 11.5 Å². The summed E-state index contributed by atoms with van der Waals surface area (Å²) in [5, 5.41) is 13.2. The van der Waals surface area contributed by atoms with E-state index in [1.807, 2.05) is 25.1 Å². The van der Waals surface area contributed by atoms with Crippen LogP contribution in [-0.4, -0.2) is 44.6 Å². The molecule has 106 valence electrons. The van der Waals surface area contributed by atoms with Crippen LogP contribution in [0.3, 0.4) is 0 Å². The highest BCUT2D eigenvalue weighted by Crippen LogP contribution is 2.32. The van der Waals surface area contributed by atoms with Crippen LogP contribution in [0.2, 0.25) is 0 Å². The first kappa shape index (κ1) is 14.1. The smallest absolute Gasteiger partial charge is 0.161 e. The minimum absolute atomic E-state index is 0.493. The zero-order valence-electron chi connectivity index (χ0n) is 11.2. The molecule has 0 amide bonds. The zero-order chi connectivity index (χ0) is 13.5. The summed E-state index contributed by atoms with van der Waals surface area (Å²) in [6.45, 7) is 5.69. The topological polar surface area (TPSA) is 60.0 Å². The Balaban J connectivity index is 1.83. The van der Waals surface area contributed by atoms with Crippen molar-refractivity contribution in [1.29, 1.82) is 0 Å². The number of hydrogen-bond acceptors (Lipinski definition) is 5. The SMILES string of the molecule is CCOCCNCC(O)c1ccc2c(c1)OCCO2. The number of aliphatic hydroxyl groups excluding tert-OH is 1. The molecule has 0 radical (unpaired) electrons. The van der Waals surface area contributed by atoms with E-state index in [9.17, 15) is 5.11 Å². The average molecular weight is 267 g/mol. The largest absolute Gasteiger partial charge is 0.486 e. The molecule has 0 spiro atoms. The second-order valence-corrected chi connectivity index (χ2v) is 4.32.